The van der Waals surface area contributed by atoms with Gasteiger partial charge in [-0.25, -0.2) is 0 Å². The second kappa shape index (κ2) is 10.0. The van der Waals surface area contributed by atoms with Gasteiger partial charge >= 0.3 is 0 Å². The molecule has 4 aromatic rings. The molecule has 11 heteroatoms. The normalized spacial score (nSPS) is 11.4. The quantitative estimate of drug-likeness (QED) is 0.309. The van der Waals surface area contributed by atoms with Crippen molar-refractivity contribution in [1.29, 1.82) is 0 Å². The molecule has 0 radical (unpaired) electrons. The molecular formula is C22H18Cl3N5O2S. The number of anilines is 2. The smallest absolute Gasteiger partial charge is 0.286 e. The number of nitrogens with zero attached hydrogens (tertiary/aromatic N) is 3. The van der Waals surface area contributed by atoms with Gasteiger partial charge in [0.15, 0.2) is 0 Å². The lowest BCUT2D eigenvalue weighted by Crippen LogP contribution is -2.18. The second-order valence-corrected chi connectivity index (χ2v) is 10.1. The predicted molar refractivity (Wildman–Crippen MR) is 132 cm³/mol. The number of nitrogens with one attached hydrogen (secondary N) is 2. The van der Waals surface area contributed by atoms with Crippen LogP contribution in [0, 0.1) is 0 Å². The molecule has 0 saturated heterocycles. The number of rotatable bonds is 8. The van der Waals surface area contributed by atoms with Crippen LogP contribution in [-0.2, 0) is 23.1 Å². The van der Waals surface area contributed by atoms with Crippen LogP contribution in [0.3, 0.4) is 0 Å². The number of aromatic nitrogens is 3. The summed E-state index contributed by atoms with van der Waals surface area (Å²) >= 11 is 18.0. The van der Waals surface area contributed by atoms with Crippen LogP contribution in [-0.4, -0.2) is 22.6 Å². The Kier molecular flexibility index (Phi) is 7.09. The van der Waals surface area contributed by atoms with E-state index in [2.05, 4.69) is 20.7 Å². The van der Waals surface area contributed by atoms with E-state index in [-0.39, 0.29) is 16.8 Å². The molecule has 0 aliphatic heterocycles. The Morgan fingerprint density at radius 1 is 0.758 bits per heavy atom. The molecule has 0 bridgehead atoms. The van der Waals surface area contributed by atoms with Crippen molar-refractivity contribution in [3.63, 3.8) is 0 Å². The van der Waals surface area contributed by atoms with Crippen molar-refractivity contribution in [1.82, 2.24) is 14.2 Å². The van der Waals surface area contributed by atoms with Gasteiger partial charge in [-0.3, -0.25) is 0 Å². The first-order valence-electron chi connectivity index (χ1n) is 9.76. The standard InChI is InChI=1S/C22H18Cl3N5O2S/c23-17-7-9-20(10-8-17)33(31,32)30-22(27-14-16-4-2-6-19(25)12-16)28-21(29-30)26-13-15-3-1-5-18(24)11-15/h1-12H,13-14H2,(H2,26,27,28,29). The number of benzene rings is 3. The van der Waals surface area contributed by atoms with Gasteiger partial charge in [0, 0.05) is 28.2 Å². The van der Waals surface area contributed by atoms with Gasteiger partial charge in [0.1, 0.15) is 0 Å². The Morgan fingerprint density at radius 3 is 1.91 bits per heavy atom. The Morgan fingerprint density at radius 2 is 1.33 bits per heavy atom. The van der Waals surface area contributed by atoms with Crippen LogP contribution in [0.4, 0.5) is 11.9 Å². The minimum absolute atomic E-state index is 0.0315. The number of hydrogen-bond donors (Lipinski definition) is 2. The van der Waals surface area contributed by atoms with E-state index in [1.807, 2.05) is 24.3 Å². The van der Waals surface area contributed by atoms with E-state index in [1.165, 1.54) is 24.3 Å². The first-order valence-corrected chi connectivity index (χ1v) is 12.3. The number of hydrogen-bond acceptors (Lipinski definition) is 6. The van der Waals surface area contributed by atoms with Crippen molar-refractivity contribution in [2.24, 2.45) is 0 Å². The fourth-order valence-electron chi connectivity index (χ4n) is 3.01. The Balaban J connectivity index is 1.64. The van der Waals surface area contributed by atoms with Gasteiger partial charge in [-0.2, -0.15) is 13.4 Å². The molecule has 7 nitrogen and oxygen atoms in total. The van der Waals surface area contributed by atoms with E-state index in [0.717, 1.165) is 15.2 Å². The lowest BCUT2D eigenvalue weighted by atomic mass is 10.2. The zero-order valence-corrected chi connectivity index (χ0v) is 20.1. The number of halogens is 3. The van der Waals surface area contributed by atoms with Crippen LogP contribution in [0.15, 0.2) is 77.7 Å². The van der Waals surface area contributed by atoms with E-state index < -0.39 is 10.0 Å². The van der Waals surface area contributed by atoms with Crippen molar-refractivity contribution in [3.05, 3.63) is 99.0 Å². The van der Waals surface area contributed by atoms with Crippen LogP contribution < -0.4 is 10.6 Å². The van der Waals surface area contributed by atoms with E-state index in [0.29, 0.717) is 28.2 Å². The van der Waals surface area contributed by atoms with Crippen LogP contribution in [0.2, 0.25) is 15.1 Å². The molecule has 2 N–H and O–H groups in total. The summed E-state index contributed by atoms with van der Waals surface area (Å²) in [6.45, 7) is 0.655. The summed E-state index contributed by atoms with van der Waals surface area (Å²) < 4.78 is 27.4. The predicted octanol–water partition coefficient (Wildman–Crippen LogP) is 5.70. The van der Waals surface area contributed by atoms with E-state index >= 15 is 0 Å². The van der Waals surface area contributed by atoms with Gasteiger partial charge in [-0.15, -0.1) is 9.19 Å². The van der Waals surface area contributed by atoms with Gasteiger partial charge in [0.05, 0.1) is 4.90 Å². The summed E-state index contributed by atoms with van der Waals surface area (Å²) in [6.07, 6.45) is 0. The van der Waals surface area contributed by atoms with Crippen molar-refractivity contribution in [2.75, 3.05) is 10.6 Å². The van der Waals surface area contributed by atoms with E-state index in [9.17, 15) is 8.42 Å². The molecule has 1 heterocycles. The summed E-state index contributed by atoms with van der Waals surface area (Å²) in [4.78, 5) is 4.38. The molecule has 0 fully saturated rings. The molecule has 4 rings (SSSR count). The maximum absolute atomic E-state index is 13.3. The molecule has 33 heavy (non-hydrogen) atoms. The summed E-state index contributed by atoms with van der Waals surface area (Å²) in [5.41, 5.74) is 1.75. The average Bonchev–Trinajstić information content (AvgIpc) is 3.21. The maximum Gasteiger partial charge on any atom is 0.286 e. The summed E-state index contributed by atoms with van der Waals surface area (Å²) in [6, 6.07) is 20.3. The third-order valence-corrected chi connectivity index (χ3v) is 6.90. The zero-order chi connectivity index (χ0) is 23.4. The lowest BCUT2D eigenvalue weighted by Gasteiger charge is -2.09. The highest BCUT2D eigenvalue weighted by Gasteiger charge is 2.24. The van der Waals surface area contributed by atoms with Crippen LogP contribution in [0.25, 0.3) is 0 Å². The minimum Gasteiger partial charge on any atom is -0.349 e. The van der Waals surface area contributed by atoms with Crippen molar-refractivity contribution < 1.29 is 8.42 Å². The van der Waals surface area contributed by atoms with Crippen LogP contribution >= 0.6 is 34.8 Å². The molecule has 0 unspecified atom stereocenters. The molecule has 0 amide bonds. The minimum atomic E-state index is -4.03. The van der Waals surface area contributed by atoms with Gasteiger partial charge in [-0.1, -0.05) is 59.1 Å². The van der Waals surface area contributed by atoms with Gasteiger partial charge in [0.2, 0.25) is 11.9 Å². The maximum atomic E-state index is 13.3. The summed E-state index contributed by atoms with van der Waals surface area (Å²) in [7, 11) is -4.03. The van der Waals surface area contributed by atoms with Gasteiger partial charge in [-0.05, 0) is 59.7 Å². The van der Waals surface area contributed by atoms with Crippen molar-refractivity contribution in [2.45, 2.75) is 18.0 Å². The second-order valence-electron chi connectivity index (χ2n) is 7.03. The first-order chi connectivity index (χ1) is 15.8. The molecule has 0 aliphatic carbocycles. The first kappa shape index (κ1) is 23.4. The Labute approximate surface area is 206 Å². The topological polar surface area (TPSA) is 88.9 Å². The highest BCUT2D eigenvalue weighted by Crippen LogP contribution is 2.22. The summed E-state index contributed by atoms with van der Waals surface area (Å²) in [5, 5.41) is 11.9. The molecule has 0 aliphatic rings. The monoisotopic (exact) mass is 521 g/mol. The summed E-state index contributed by atoms with van der Waals surface area (Å²) in [5.74, 6) is 0.194. The van der Waals surface area contributed by atoms with E-state index in [1.54, 1.807) is 24.3 Å². The highest BCUT2D eigenvalue weighted by atomic mass is 35.5. The molecule has 0 saturated carbocycles. The third kappa shape index (κ3) is 5.78. The zero-order valence-electron chi connectivity index (χ0n) is 17.0. The lowest BCUT2D eigenvalue weighted by molar-refractivity contribution is 0.580. The molecule has 3 aromatic carbocycles. The largest absolute Gasteiger partial charge is 0.349 e. The van der Waals surface area contributed by atoms with Crippen molar-refractivity contribution >= 4 is 56.7 Å². The molecule has 1 aromatic heterocycles. The highest BCUT2D eigenvalue weighted by molar-refractivity contribution is 7.90. The molecule has 0 atom stereocenters. The van der Waals surface area contributed by atoms with Crippen molar-refractivity contribution in [3.8, 4) is 0 Å². The van der Waals surface area contributed by atoms with Crippen LogP contribution in [0.5, 0.6) is 0 Å². The third-order valence-electron chi connectivity index (χ3n) is 4.60. The van der Waals surface area contributed by atoms with Crippen LogP contribution in [0.1, 0.15) is 11.1 Å². The Hall–Kier alpha value is -2.78. The Bertz CT molecular complexity index is 1380. The van der Waals surface area contributed by atoms with Gasteiger partial charge < -0.3 is 10.6 Å². The fraction of sp³-hybridized carbons (Fsp3) is 0.0909. The fourth-order valence-corrected chi connectivity index (χ4v) is 4.76. The molecule has 0 spiro atoms. The molecule has 170 valence electrons. The average molecular weight is 523 g/mol. The van der Waals surface area contributed by atoms with Gasteiger partial charge in [0.25, 0.3) is 10.0 Å². The SMILES string of the molecule is O=S(=O)(c1ccc(Cl)cc1)n1nc(NCc2cccc(Cl)c2)nc1NCc1cccc(Cl)c1. The van der Waals surface area contributed by atoms with E-state index in [4.69, 9.17) is 34.8 Å². The molecular weight excluding hydrogens is 505 g/mol.